The summed E-state index contributed by atoms with van der Waals surface area (Å²) in [5, 5.41) is 16.6. The summed E-state index contributed by atoms with van der Waals surface area (Å²) in [6.45, 7) is 0. The molecule has 0 radical (unpaired) electrons. The second kappa shape index (κ2) is 5.20. The monoisotopic (exact) mass is 284 g/mol. The molecule has 2 aromatic rings. The number of hydrogen-bond donors (Lipinski definition) is 1. The van der Waals surface area contributed by atoms with E-state index in [-0.39, 0.29) is 11.8 Å². The fourth-order valence-electron chi connectivity index (χ4n) is 1.22. The number of carboxylic acids is 1. The van der Waals surface area contributed by atoms with Crippen LogP contribution in [0.25, 0.3) is 17.5 Å². The SMILES string of the molecule is O=C(O)/C=C/c1nnc(-c2cccc(Cl)c2Cl)o1. The van der Waals surface area contributed by atoms with Gasteiger partial charge in [0, 0.05) is 12.2 Å². The molecule has 0 atom stereocenters. The third-order valence-corrected chi connectivity index (χ3v) is 2.81. The van der Waals surface area contributed by atoms with Crippen LogP contribution in [0.1, 0.15) is 5.89 Å². The molecule has 0 aliphatic heterocycles. The Morgan fingerprint density at radius 2 is 2.11 bits per heavy atom. The molecule has 1 N–H and O–H groups in total. The van der Waals surface area contributed by atoms with Crippen molar-refractivity contribution in [1.29, 1.82) is 0 Å². The number of hydrogen-bond acceptors (Lipinski definition) is 4. The molecule has 0 bridgehead atoms. The van der Waals surface area contributed by atoms with Crippen LogP contribution in [-0.4, -0.2) is 21.3 Å². The zero-order valence-electron chi connectivity index (χ0n) is 8.80. The number of benzene rings is 1. The number of nitrogens with zero attached hydrogens (tertiary/aromatic N) is 2. The van der Waals surface area contributed by atoms with Crippen LogP contribution < -0.4 is 0 Å². The van der Waals surface area contributed by atoms with Gasteiger partial charge in [-0.25, -0.2) is 4.79 Å². The Labute approximate surface area is 112 Å². The van der Waals surface area contributed by atoms with Gasteiger partial charge in [0.1, 0.15) is 0 Å². The zero-order valence-corrected chi connectivity index (χ0v) is 10.3. The molecule has 0 saturated heterocycles. The fourth-order valence-corrected chi connectivity index (χ4v) is 1.60. The lowest BCUT2D eigenvalue weighted by Crippen LogP contribution is -1.85. The van der Waals surface area contributed by atoms with Gasteiger partial charge in [-0.3, -0.25) is 0 Å². The maximum atomic E-state index is 10.3. The second-order valence-electron chi connectivity index (χ2n) is 3.22. The van der Waals surface area contributed by atoms with Gasteiger partial charge in [-0.1, -0.05) is 29.3 Å². The van der Waals surface area contributed by atoms with Crippen LogP contribution in [0, 0.1) is 0 Å². The van der Waals surface area contributed by atoms with Crippen molar-refractivity contribution in [2.24, 2.45) is 0 Å². The highest BCUT2D eigenvalue weighted by Gasteiger charge is 2.12. The molecule has 92 valence electrons. The largest absolute Gasteiger partial charge is 0.478 e. The van der Waals surface area contributed by atoms with Crippen molar-refractivity contribution >= 4 is 35.2 Å². The number of rotatable bonds is 3. The number of aromatic nitrogens is 2. The Kier molecular flexibility index (Phi) is 3.64. The molecular formula is C11H6Cl2N2O3. The lowest BCUT2D eigenvalue weighted by atomic mass is 10.2. The summed E-state index contributed by atoms with van der Waals surface area (Å²) in [6, 6.07) is 5.00. The first-order valence-corrected chi connectivity index (χ1v) is 5.52. The van der Waals surface area contributed by atoms with Crippen LogP contribution in [0.2, 0.25) is 10.0 Å². The third kappa shape index (κ3) is 2.69. The molecule has 5 nitrogen and oxygen atoms in total. The first-order chi connectivity index (χ1) is 8.58. The van der Waals surface area contributed by atoms with Crippen LogP contribution in [-0.2, 0) is 4.79 Å². The Balaban J connectivity index is 2.35. The highest BCUT2D eigenvalue weighted by molar-refractivity contribution is 6.43. The molecule has 0 amide bonds. The Hall–Kier alpha value is -1.85. The number of carboxylic acid groups (broad SMARTS) is 1. The first kappa shape index (κ1) is 12.6. The van der Waals surface area contributed by atoms with E-state index in [0.717, 1.165) is 6.08 Å². The van der Waals surface area contributed by atoms with Gasteiger partial charge in [-0.15, -0.1) is 10.2 Å². The molecule has 0 saturated carbocycles. The van der Waals surface area contributed by atoms with E-state index in [1.165, 1.54) is 6.08 Å². The smallest absolute Gasteiger partial charge is 0.328 e. The van der Waals surface area contributed by atoms with Crippen molar-refractivity contribution < 1.29 is 14.3 Å². The van der Waals surface area contributed by atoms with Crippen LogP contribution in [0.4, 0.5) is 0 Å². The molecule has 0 aliphatic carbocycles. The highest BCUT2D eigenvalue weighted by Crippen LogP contribution is 2.32. The van der Waals surface area contributed by atoms with Crippen LogP contribution in [0.15, 0.2) is 28.7 Å². The van der Waals surface area contributed by atoms with Crippen LogP contribution >= 0.6 is 23.2 Å². The minimum absolute atomic E-state index is 0.0726. The van der Waals surface area contributed by atoms with Gasteiger partial charge < -0.3 is 9.52 Å². The van der Waals surface area contributed by atoms with E-state index in [9.17, 15) is 4.79 Å². The standard InChI is InChI=1S/C11H6Cl2N2O3/c12-7-3-1-2-6(10(7)13)11-15-14-8(18-11)4-5-9(16)17/h1-5H,(H,16,17)/b5-4+. The van der Waals surface area contributed by atoms with Crippen molar-refractivity contribution in [3.05, 3.63) is 40.2 Å². The number of carbonyl (C=O) groups is 1. The van der Waals surface area contributed by atoms with E-state index < -0.39 is 5.97 Å². The maximum Gasteiger partial charge on any atom is 0.328 e. The fraction of sp³-hybridized carbons (Fsp3) is 0. The van der Waals surface area contributed by atoms with Gasteiger partial charge in [0.25, 0.3) is 0 Å². The average Bonchev–Trinajstić information content (AvgIpc) is 2.78. The quantitative estimate of drug-likeness (QED) is 0.876. The lowest BCUT2D eigenvalue weighted by Gasteiger charge is -1.99. The van der Waals surface area contributed by atoms with Gasteiger partial charge in [0.05, 0.1) is 15.6 Å². The van der Waals surface area contributed by atoms with E-state index in [1.54, 1.807) is 18.2 Å². The first-order valence-electron chi connectivity index (χ1n) is 4.77. The van der Waals surface area contributed by atoms with Gasteiger partial charge in [0.2, 0.25) is 11.8 Å². The van der Waals surface area contributed by atoms with Crippen molar-refractivity contribution in [1.82, 2.24) is 10.2 Å². The zero-order chi connectivity index (χ0) is 13.1. The molecule has 7 heteroatoms. The normalized spacial score (nSPS) is 11.0. The predicted molar refractivity (Wildman–Crippen MR) is 66.4 cm³/mol. The summed E-state index contributed by atoms with van der Waals surface area (Å²) in [4.78, 5) is 10.3. The topological polar surface area (TPSA) is 76.2 Å². The van der Waals surface area contributed by atoms with Gasteiger partial charge >= 0.3 is 5.97 Å². The third-order valence-electron chi connectivity index (χ3n) is 1.99. The van der Waals surface area contributed by atoms with Crippen LogP contribution in [0.5, 0.6) is 0 Å². The average molecular weight is 285 g/mol. The van der Waals surface area contributed by atoms with Crippen molar-refractivity contribution in [2.45, 2.75) is 0 Å². The Morgan fingerprint density at radius 3 is 2.83 bits per heavy atom. The van der Waals surface area contributed by atoms with E-state index in [1.807, 2.05) is 0 Å². The minimum atomic E-state index is -1.10. The molecule has 1 aromatic heterocycles. The number of aliphatic carboxylic acids is 1. The molecule has 0 fully saturated rings. The van der Waals surface area contributed by atoms with Gasteiger partial charge in [0.15, 0.2) is 0 Å². The van der Waals surface area contributed by atoms with Crippen molar-refractivity contribution in [3.63, 3.8) is 0 Å². The predicted octanol–water partition coefficient (Wildman–Crippen LogP) is 3.14. The second-order valence-corrected chi connectivity index (χ2v) is 4.00. The summed E-state index contributed by atoms with van der Waals surface area (Å²) in [6.07, 6.45) is 2.09. The Bertz CT molecular complexity index is 623. The molecule has 0 unspecified atom stereocenters. The molecule has 2 rings (SSSR count). The maximum absolute atomic E-state index is 10.3. The molecule has 0 spiro atoms. The van der Waals surface area contributed by atoms with Gasteiger partial charge in [-0.2, -0.15) is 0 Å². The summed E-state index contributed by atoms with van der Waals surface area (Å²) >= 11 is 11.9. The summed E-state index contributed by atoms with van der Waals surface area (Å²) in [5.41, 5.74) is 0.492. The van der Waals surface area contributed by atoms with Crippen LogP contribution in [0.3, 0.4) is 0 Å². The molecular weight excluding hydrogens is 279 g/mol. The van der Waals surface area contributed by atoms with E-state index in [2.05, 4.69) is 10.2 Å². The Morgan fingerprint density at radius 1 is 1.33 bits per heavy atom. The summed E-state index contributed by atoms with van der Waals surface area (Å²) in [7, 11) is 0. The summed E-state index contributed by atoms with van der Waals surface area (Å²) in [5.74, 6) is -0.855. The molecule has 18 heavy (non-hydrogen) atoms. The van der Waals surface area contributed by atoms with E-state index >= 15 is 0 Å². The molecule has 1 aromatic carbocycles. The molecule has 1 heterocycles. The minimum Gasteiger partial charge on any atom is -0.478 e. The highest BCUT2D eigenvalue weighted by atomic mass is 35.5. The summed E-state index contributed by atoms with van der Waals surface area (Å²) < 4.78 is 5.24. The van der Waals surface area contributed by atoms with Crippen molar-refractivity contribution in [3.8, 4) is 11.5 Å². The van der Waals surface area contributed by atoms with E-state index in [4.69, 9.17) is 32.7 Å². The lowest BCUT2D eigenvalue weighted by molar-refractivity contribution is -0.131. The van der Waals surface area contributed by atoms with Gasteiger partial charge in [-0.05, 0) is 12.1 Å². The van der Waals surface area contributed by atoms with Crippen molar-refractivity contribution in [2.75, 3.05) is 0 Å². The van der Waals surface area contributed by atoms with E-state index in [0.29, 0.717) is 15.6 Å². The number of halogens is 2. The molecule has 0 aliphatic rings.